The van der Waals surface area contributed by atoms with E-state index in [0.717, 1.165) is 12.1 Å². The molecule has 0 aliphatic carbocycles. The summed E-state index contributed by atoms with van der Waals surface area (Å²) in [6.45, 7) is 0. The van der Waals surface area contributed by atoms with Crippen molar-refractivity contribution in [1.29, 1.82) is 0 Å². The molecule has 1 nitrogen and oxygen atoms in total. The van der Waals surface area contributed by atoms with Gasteiger partial charge in [-0.2, -0.15) is 0 Å². The molecule has 0 aliphatic rings. The molecule has 0 fully saturated rings. The first kappa shape index (κ1) is 16.0. The van der Waals surface area contributed by atoms with E-state index < -0.39 is 29.3 Å². The molecule has 0 spiro atoms. The van der Waals surface area contributed by atoms with E-state index in [1.807, 2.05) is 0 Å². The van der Waals surface area contributed by atoms with E-state index in [0.29, 0.717) is 5.56 Å². The Bertz CT molecular complexity index is 660. The van der Waals surface area contributed by atoms with Gasteiger partial charge < -0.3 is 5.32 Å². The fourth-order valence-corrected chi connectivity index (χ4v) is 2.70. The van der Waals surface area contributed by atoms with Crippen molar-refractivity contribution >= 4 is 15.9 Å². The molecule has 2 aromatic rings. The maximum atomic E-state index is 13.7. The predicted octanol–water partition coefficient (Wildman–Crippen LogP) is 4.51. The van der Waals surface area contributed by atoms with Gasteiger partial charge in [0.2, 0.25) is 0 Å². The molecular formula is C15H12BrF4N. The van der Waals surface area contributed by atoms with Gasteiger partial charge in [-0.1, -0.05) is 18.2 Å². The minimum absolute atomic E-state index is 0.0290. The Kier molecular flexibility index (Phi) is 5.00. The van der Waals surface area contributed by atoms with Gasteiger partial charge in [0.25, 0.3) is 0 Å². The first-order valence-corrected chi connectivity index (χ1v) is 6.98. The van der Waals surface area contributed by atoms with Crippen molar-refractivity contribution in [2.24, 2.45) is 0 Å². The number of benzene rings is 2. The minimum atomic E-state index is -1.01. The van der Waals surface area contributed by atoms with Gasteiger partial charge >= 0.3 is 0 Å². The van der Waals surface area contributed by atoms with E-state index in [9.17, 15) is 17.6 Å². The van der Waals surface area contributed by atoms with Crippen LogP contribution in [0.3, 0.4) is 0 Å². The molecule has 0 saturated heterocycles. The second-order valence-electron chi connectivity index (χ2n) is 4.52. The summed E-state index contributed by atoms with van der Waals surface area (Å²) in [6.07, 6.45) is 0.101. The maximum absolute atomic E-state index is 13.7. The topological polar surface area (TPSA) is 12.0 Å². The van der Waals surface area contributed by atoms with Crippen molar-refractivity contribution in [3.8, 4) is 0 Å². The molecule has 6 heteroatoms. The number of halogens is 5. The van der Waals surface area contributed by atoms with Gasteiger partial charge in [0.15, 0.2) is 23.3 Å². The van der Waals surface area contributed by atoms with Crippen LogP contribution in [0.4, 0.5) is 17.6 Å². The smallest absolute Gasteiger partial charge is 0.173 e. The van der Waals surface area contributed by atoms with E-state index in [-0.39, 0.29) is 16.5 Å². The molecule has 21 heavy (non-hydrogen) atoms. The summed E-state index contributed by atoms with van der Waals surface area (Å²) in [5.74, 6) is -3.85. The lowest BCUT2D eigenvalue weighted by Crippen LogP contribution is -2.20. The number of likely N-dealkylation sites (N-methyl/N-ethyl adjacent to an activating group) is 1. The van der Waals surface area contributed by atoms with Gasteiger partial charge in [-0.05, 0) is 52.7 Å². The molecule has 1 unspecified atom stereocenters. The molecule has 1 atom stereocenters. The van der Waals surface area contributed by atoms with E-state index in [1.165, 1.54) is 18.2 Å². The molecular weight excluding hydrogens is 350 g/mol. The van der Waals surface area contributed by atoms with Gasteiger partial charge in [-0.15, -0.1) is 0 Å². The predicted molar refractivity (Wildman–Crippen MR) is 75.9 cm³/mol. The van der Waals surface area contributed by atoms with Crippen molar-refractivity contribution in [3.05, 3.63) is 69.2 Å². The molecule has 0 heterocycles. The zero-order valence-electron chi connectivity index (χ0n) is 11.1. The molecule has 0 aromatic heterocycles. The summed E-state index contributed by atoms with van der Waals surface area (Å²) in [5, 5.41) is 2.89. The van der Waals surface area contributed by atoms with E-state index in [2.05, 4.69) is 21.2 Å². The fraction of sp³-hybridized carbons (Fsp3) is 0.200. The minimum Gasteiger partial charge on any atom is -0.313 e. The Balaban J connectivity index is 2.37. The Morgan fingerprint density at radius 3 is 2.33 bits per heavy atom. The molecule has 1 N–H and O–H groups in total. The first-order chi connectivity index (χ1) is 9.95. The Hall–Kier alpha value is -1.40. The molecule has 2 rings (SSSR count). The molecule has 0 saturated carbocycles. The monoisotopic (exact) mass is 361 g/mol. The third-order valence-corrected chi connectivity index (χ3v) is 4.05. The lowest BCUT2D eigenvalue weighted by atomic mass is 9.98. The number of rotatable bonds is 4. The average Bonchev–Trinajstić information content (AvgIpc) is 2.47. The second-order valence-corrected chi connectivity index (χ2v) is 5.32. The van der Waals surface area contributed by atoms with Gasteiger partial charge in [-0.3, -0.25) is 0 Å². The summed E-state index contributed by atoms with van der Waals surface area (Å²) in [5.41, 5.74) is 0.589. The van der Waals surface area contributed by atoms with Crippen molar-refractivity contribution in [2.45, 2.75) is 12.5 Å². The molecule has 0 amide bonds. The van der Waals surface area contributed by atoms with Crippen LogP contribution in [-0.2, 0) is 6.42 Å². The molecule has 0 radical (unpaired) electrons. The number of hydrogen-bond acceptors (Lipinski definition) is 1. The second kappa shape index (κ2) is 6.58. The molecule has 0 bridgehead atoms. The van der Waals surface area contributed by atoms with Gasteiger partial charge in [0.1, 0.15) is 0 Å². The normalized spacial score (nSPS) is 12.5. The van der Waals surface area contributed by atoms with Gasteiger partial charge in [0.05, 0.1) is 4.47 Å². The highest BCUT2D eigenvalue weighted by molar-refractivity contribution is 9.10. The van der Waals surface area contributed by atoms with Crippen LogP contribution >= 0.6 is 15.9 Å². The van der Waals surface area contributed by atoms with E-state index in [4.69, 9.17) is 0 Å². The first-order valence-electron chi connectivity index (χ1n) is 6.19. The van der Waals surface area contributed by atoms with Crippen molar-refractivity contribution in [2.75, 3.05) is 7.05 Å². The van der Waals surface area contributed by atoms with Crippen LogP contribution in [0.2, 0.25) is 0 Å². The highest BCUT2D eigenvalue weighted by Gasteiger charge is 2.20. The Morgan fingerprint density at radius 2 is 1.67 bits per heavy atom. The van der Waals surface area contributed by atoms with Crippen LogP contribution in [-0.4, -0.2) is 7.05 Å². The van der Waals surface area contributed by atoms with Crippen molar-refractivity contribution in [3.63, 3.8) is 0 Å². The SMILES string of the molecule is CNC(Cc1cccc(F)c1F)c1ccc(F)c(F)c1Br. The summed E-state index contributed by atoms with van der Waals surface area (Å²) in [6, 6.07) is 5.80. The van der Waals surface area contributed by atoms with Gasteiger partial charge in [-0.25, -0.2) is 17.6 Å². The zero-order chi connectivity index (χ0) is 15.6. The number of hydrogen-bond donors (Lipinski definition) is 1. The standard InChI is InChI=1S/C15H12BrF4N/c1-21-12(7-8-3-2-4-10(17)14(8)19)9-5-6-11(18)15(20)13(9)16/h2-6,12,21H,7H2,1H3. The Labute approximate surface area is 128 Å². The summed E-state index contributed by atoms with van der Waals surface area (Å²) < 4.78 is 53.6. The molecule has 112 valence electrons. The summed E-state index contributed by atoms with van der Waals surface area (Å²) >= 11 is 3.00. The highest BCUT2D eigenvalue weighted by atomic mass is 79.9. The van der Waals surface area contributed by atoms with E-state index in [1.54, 1.807) is 7.05 Å². The van der Waals surface area contributed by atoms with Crippen molar-refractivity contribution < 1.29 is 17.6 Å². The van der Waals surface area contributed by atoms with Crippen molar-refractivity contribution in [1.82, 2.24) is 5.32 Å². The number of nitrogens with one attached hydrogen (secondary N) is 1. The third kappa shape index (κ3) is 3.27. The lowest BCUT2D eigenvalue weighted by molar-refractivity contribution is 0.480. The van der Waals surface area contributed by atoms with Crippen LogP contribution < -0.4 is 5.32 Å². The zero-order valence-corrected chi connectivity index (χ0v) is 12.6. The average molecular weight is 362 g/mol. The third-order valence-electron chi connectivity index (χ3n) is 3.24. The van der Waals surface area contributed by atoms with Crippen LogP contribution in [0.1, 0.15) is 17.2 Å². The highest BCUT2D eigenvalue weighted by Crippen LogP contribution is 2.30. The summed E-state index contributed by atoms with van der Waals surface area (Å²) in [7, 11) is 1.61. The Morgan fingerprint density at radius 1 is 1.00 bits per heavy atom. The fourth-order valence-electron chi connectivity index (χ4n) is 2.10. The molecule has 2 aromatic carbocycles. The molecule has 0 aliphatic heterocycles. The maximum Gasteiger partial charge on any atom is 0.173 e. The van der Waals surface area contributed by atoms with E-state index >= 15 is 0 Å². The van der Waals surface area contributed by atoms with Crippen LogP contribution in [0.25, 0.3) is 0 Å². The quantitative estimate of drug-likeness (QED) is 0.624. The van der Waals surface area contributed by atoms with Crippen LogP contribution in [0.5, 0.6) is 0 Å². The summed E-state index contributed by atoms with van der Waals surface area (Å²) in [4.78, 5) is 0. The van der Waals surface area contributed by atoms with Crippen LogP contribution in [0, 0.1) is 23.3 Å². The largest absolute Gasteiger partial charge is 0.313 e. The van der Waals surface area contributed by atoms with Gasteiger partial charge in [0, 0.05) is 6.04 Å². The van der Waals surface area contributed by atoms with Crippen LogP contribution in [0.15, 0.2) is 34.8 Å². The lowest BCUT2D eigenvalue weighted by Gasteiger charge is -2.19.